The van der Waals surface area contributed by atoms with Gasteiger partial charge in [-0.15, -0.1) is 0 Å². The number of benzene rings is 1. The Balaban J connectivity index is 1.07. The first-order valence-electron chi connectivity index (χ1n) is 13.1. The standard InChI is InChI=1S/C28H36N4O2/c33-25(28-13-20-10-21(14-28)12-22(11-20)15-28)16-29-27-23-8-9-32(17-24(23)30-18-31-27)26(34)7-6-19-4-2-1-3-5-19/h1-5,18,20-22,25,33H,6-17H2,(H,29,30,31). The Morgan fingerprint density at radius 1 is 1.09 bits per heavy atom. The summed E-state index contributed by atoms with van der Waals surface area (Å²) in [6.45, 7) is 1.78. The second-order valence-electron chi connectivity index (χ2n) is 11.4. The number of aliphatic hydroxyl groups is 1. The molecule has 4 fully saturated rings. The average molecular weight is 461 g/mol. The predicted octanol–water partition coefficient (Wildman–Crippen LogP) is 3.98. The Kier molecular flexibility index (Phi) is 5.80. The van der Waals surface area contributed by atoms with E-state index in [4.69, 9.17) is 0 Å². The number of nitrogens with one attached hydrogen (secondary N) is 1. The van der Waals surface area contributed by atoms with E-state index in [1.165, 1.54) is 44.1 Å². The number of fused-ring (bicyclic) bond motifs is 1. The highest BCUT2D eigenvalue weighted by molar-refractivity contribution is 5.77. The molecule has 7 rings (SSSR count). The van der Waals surface area contributed by atoms with Crippen molar-refractivity contribution in [1.82, 2.24) is 14.9 Å². The van der Waals surface area contributed by atoms with Crippen LogP contribution in [0.4, 0.5) is 5.82 Å². The predicted molar refractivity (Wildman–Crippen MR) is 131 cm³/mol. The second kappa shape index (κ2) is 8.95. The minimum Gasteiger partial charge on any atom is -0.391 e. The summed E-state index contributed by atoms with van der Waals surface area (Å²) in [4.78, 5) is 23.8. The van der Waals surface area contributed by atoms with Crippen LogP contribution in [0, 0.1) is 23.2 Å². The van der Waals surface area contributed by atoms with Gasteiger partial charge in [0.15, 0.2) is 0 Å². The van der Waals surface area contributed by atoms with Crippen LogP contribution in [0.3, 0.4) is 0 Å². The molecule has 4 aliphatic carbocycles. The molecule has 1 aromatic heterocycles. The number of hydrogen-bond donors (Lipinski definition) is 2. The highest BCUT2D eigenvalue weighted by Crippen LogP contribution is 2.61. The van der Waals surface area contributed by atoms with E-state index in [2.05, 4.69) is 27.4 Å². The van der Waals surface area contributed by atoms with Crippen LogP contribution < -0.4 is 5.32 Å². The van der Waals surface area contributed by atoms with Crippen LogP contribution in [0.25, 0.3) is 0 Å². The Labute approximate surface area is 202 Å². The summed E-state index contributed by atoms with van der Waals surface area (Å²) in [5, 5.41) is 14.8. The van der Waals surface area contributed by atoms with Crippen molar-refractivity contribution in [3.8, 4) is 0 Å². The summed E-state index contributed by atoms with van der Waals surface area (Å²) in [7, 11) is 0. The van der Waals surface area contributed by atoms with Gasteiger partial charge in [0.25, 0.3) is 0 Å². The fourth-order valence-electron chi connectivity index (χ4n) is 7.77. The number of carbonyl (C=O) groups is 1. The van der Waals surface area contributed by atoms with Gasteiger partial charge >= 0.3 is 0 Å². The van der Waals surface area contributed by atoms with Crippen molar-refractivity contribution in [2.75, 3.05) is 18.4 Å². The molecule has 1 amide bonds. The molecule has 1 atom stereocenters. The van der Waals surface area contributed by atoms with Gasteiger partial charge in [0.1, 0.15) is 12.1 Å². The number of aliphatic hydroxyl groups excluding tert-OH is 1. The maximum absolute atomic E-state index is 12.8. The Bertz CT molecular complexity index is 1000. The first kappa shape index (κ1) is 22.0. The molecular weight excluding hydrogens is 424 g/mol. The molecule has 6 nitrogen and oxygen atoms in total. The van der Waals surface area contributed by atoms with Gasteiger partial charge in [-0.25, -0.2) is 9.97 Å². The van der Waals surface area contributed by atoms with Crippen LogP contribution >= 0.6 is 0 Å². The lowest BCUT2D eigenvalue weighted by molar-refractivity contribution is -0.132. The fraction of sp³-hybridized carbons (Fsp3) is 0.607. The maximum Gasteiger partial charge on any atom is 0.223 e. The highest BCUT2D eigenvalue weighted by atomic mass is 16.3. The first-order chi connectivity index (χ1) is 16.6. The van der Waals surface area contributed by atoms with Crippen molar-refractivity contribution in [2.45, 2.75) is 70.4 Å². The molecule has 5 aliphatic rings. The van der Waals surface area contributed by atoms with Gasteiger partial charge in [-0.3, -0.25) is 4.79 Å². The third-order valence-corrected chi connectivity index (χ3v) is 9.09. The van der Waals surface area contributed by atoms with Crippen molar-refractivity contribution >= 4 is 11.7 Å². The normalized spacial score (nSPS) is 30.1. The molecular formula is C28H36N4O2. The van der Waals surface area contributed by atoms with E-state index >= 15 is 0 Å². The maximum atomic E-state index is 12.8. The molecule has 6 heteroatoms. The Hall–Kier alpha value is -2.47. The molecule has 34 heavy (non-hydrogen) atoms. The number of anilines is 1. The number of rotatable bonds is 7. The molecule has 4 saturated carbocycles. The molecule has 4 bridgehead atoms. The number of aromatic nitrogens is 2. The van der Waals surface area contributed by atoms with Crippen molar-refractivity contribution in [3.05, 3.63) is 53.5 Å². The Morgan fingerprint density at radius 2 is 1.79 bits per heavy atom. The Morgan fingerprint density at radius 3 is 2.50 bits per heavy atom. The lowest BCUT2D eigenvalue weighted by Crippen LogP contribution is -2.53. The first-order valence-corrected chi connectivity index (χ1v) is 13.1. The molecule has 2 heterocycles. The zero-order valence-electron chi connectivity index (χ0n) is 20.0. The SMILES string of the molecule is O=C(CCc1ccccc1)N1CCc2c(ncnc2NCC(O)C23CC4CC(CC(C4)C2)C3)C1. The highest BCUT2D eigenvalue weighted by Gasteiger charge is 2.53. The molecule has 2 N–H and O–H groups in total. The summed E-state index contributed by atoms with van der Waals surface area (Å²) >= 11 is 0. The zero-order chi connectivity index (χ0) is 23.1. The van der Waals surface area contributed by atoms with E-state index in [1.807, 2.05) is 23.1 Å². The quantitative estimate of drug-likeness (QED) is 0.653. The summed E-state index contributed by atoms with van der Waals surface area (Å²) in [5.74, 6) is 3.51. The van der Waals surface area contributed by atoms with E-state index in [0.717, 1.165) is 47.7 Å². The summed E-state index contributed by atoms with van der Waals surface area (Å²) in [6.07, 6.45) is 11.1. The second-order valence-corrected chi connectivity index (χ2v) is 11.4. The number of carbonyl (C=O) groups excluding carboxylic acids is 1. The number of hydrogen-bond acceptors (Lipinski definition) is 5. The van der Waals surface area contributed by atoms with E-state index in [-0.39, 0.29) is 17.4 Å². The van der Waals surface area contributed by atoms with Crippen molar-refractivity contribution < 1.29 is 9.90 Å². The van der Waals surface area contributed by atoms with Crippen LogP contribution in [0.15, 0.2) is 36.7 Å². The van der Waals surface area contributed by atoms with Crippen molar-refractivity contribution in [2.24, 2.45) is 23.2 Å². The van der Waals surface area contributed by atoms with Crippen LogP contribution in [-0.4, -0.2) is 45.1 Å². The molecule has 0 radical (unpaired) electrons. The van der Waals surface area contributed by atoms with Crippen LogP contribution in [0.5, 0.6) is 0 Å². The van der Waals surface area contributed by atoms with Gasteiger partial charge in [-0.2, -0.15) is 0 Å². The average Bonchev–Trinajstić information content (AvgIpc) is 2.85. The smallest absolute Gasteiger partial charge is 0.223 e. The van der Waals surface area contributed by atoms with E-state index in [0.29, 0.717) is 26.1 Å². The molecule has 1 aliphatic heterocycles. The van der Waals surface area contributed by atoms with Gasteiger partial charge in [-0.1, -0.05) is 30.3 Å². The van der Waals surface area contributed by atoms with E-state index in [1.54, 1.807) is 6.33 Å². The summed E-state index contributed by atoms with van der Waals surface area (Å²) < 4.78 is 0. The zero-order valence-corrected chi connectivity index (χ0v) is 20.0. The van der Waals surface area contributed by atoms with Gasteiger partial charge in [0, 0.05) is 25.1 Å². The molecule has 180 valence electrons. The number of aryl methyl sites for hydroxylation is 1. The van der Waals surface area contributed by atoms with Crippen LogP contribution in [-0.2, 0) is 24.2 Å². The van der Waals surface area contributed by atoms with E-state index < -0.39 is 0 Å². The molecule has 0 spiro atoms. The summed E-state index contributed by atoms with van der Waals surface area (Å²) in [5.41, 5.74) is 3.34. The monoisotopic (exact) mass is 460 g/mol. The lowest BCUT2D eigenvalue weighted by atomic mass is 9.48. The minimum atomic E-state index is -0.328. The fourth-order valence-corrected chi connectivity index (χ4v) is 7.77. The van der Waals surface area contributed by atoms with Crippen molar-refractivity contribution in [1.29, 1.82) is 0 Å². The molecule has 1 aromatic carbocycles. The molecule has 1 unspecified atom stereocenters. The van der Waals surface area contributed by atoms with Crippen molar-refractivity contribution in [3.63, 3.8) is 0 Å². The van der Waals surface area contributed by atoms with Crippen LogP contribution in [0.2, 0.25) is 0 Å². The molecule has 2 aromatic rings. The summed E-state index contributed by atoms with van der Waals surface area (Å²) in [6, 6.07) is 10.2. The minimum absolute atomic E-state index is 0.108. The van der Waals surface area contributed by atoms with Gasteiger partial charge in [0.05, 0.1) is 18.3 Å². The largest absolute Gasteiger partial charge is 0.391 e. The lowest BCUT2D eigenvalue weighted by Gasteiger charge is -2.58. The topological polar surface area (TPSA) is 78.4 Å². The molecule has 0 saturated heterocycles. The van der Waals surface area contributed by atoms with E-state index in [9.17, 15) is 9.90 Å². The van der Waals surface area contributed by atoms with Gasteiger partial charge in [-0.05, 0) is 80.1 Å². The van der Waals surface area contributed by atoms with Gasteiger partial charge < -0.3 is 15.3 Å². The van der Waals surface area contributed by atoms with Crippen LogP contribution in [0.1, 0.15) is 61.8 Å². The third-order valence-electron chi connectivity index (χ3n) is 9.09. The number of nitrogens with zero attached hydrogens (tertiary/aromatic N) is 3. The third kappa shape index (κ3) is 4.21. The van der Waals surface area contributed by atoms with Gasteiger partial charge in [0.2, 0.25) is 5.91 Å². The number of amides is 1.